The summed E-state index contributed by atoms with van der Waals surface area (Å²) in [6, 6.07) is 17.5. The fourth-order valence-electron chi connectivity index (χ4n) is 3.19. The normalized spacial score (nSPS) is 13.5. The van der Waals surface area contributed by atoms with Gasteiger partial charge in [-0.05, 0) is 29.7 Å². The molecule has 0 spiro atoms. The highest BCUT2D eigenvalue weighted by Crippen LogP contribution is 2.33. The molecule has 0 radical (unpaired) electrons. The van der Waals surface area contributed by atoms with Crippen LogP contribution in [0, 0.1) is 0 Å². The summed E-state index contributed by atoms with van der Waals surface area (Å²) in [6.07, 6.45) is 0.829. The van der Waals surface area contributed by atoms with Crippen LogP contribution >= 0.6 is 11.3 Å². The zero-order valence-corrected chi connectivity index (χ0v) is 15.2. The highest BCUT2D eigenvalue weighted by atomic mass is 32.1. The number of thiazole rings is 1. The number of hydrogen-bond acceptors (Lipinski definition) is 5. The molecule has 1 aliphatic heterocycles. The molecule has 134 valence electrons. The van der Waals surface area contributed by atoms with E-state index in [1.807, 2.05) is 24.3 Å². The summed E-state index contributed by atoms with van der Waals surface area (Å²) in [6.45, 7) is 1.21. The van der Waals surface area contributed by atoms with Crippen molar-refractivity contribution in [2.24, 2.45) is 0 Å². The summed E-state index contributed by atoms with van der Waals surface area (Å²) in [4.78, 5) is 17.3. The van der Waals surface area contributed by atoms with E-state index in [9.17, 15) is 4.79 Å². The smallest absolute Gasteiger partial charge is 0.257 e. The van der Waals surface area contributed by atoms with Crippen molar-refractivity contribution in [1.82, 2.24) is 4.98 Å². The van der Waals surface area contributed by atoms with E-state index in [0.717, 1.165) is 27.4 Å². The van der Waals surface area contributed by atoms with Gasteiger partial charge in [-0.3, -0.25) is 10.1 Å². The summed E-state index contributed by atoms with van der Waals surface area (Å²) < 4.78 is 12.3. The monoisotopic (exact) mass is 376 g/mol. The lowest BCUT2D eigenvalue weighted by atomic mass is 10.1. The topological polar surface area (TPSA) is 60.5 Å². The molecule has 5 nitrogen and oxygen atoms in total. The largest absolute Gasteiger partial charge is 0.490 e. The van der Waals surface area contributed by atoms with Crippen LogP contribution in [0.1, 0.15) is 16.8 Å². The number of nitrogens with one attached hydrogen (secondary N) is 1. The molecule has 0 saturated heterocycles. The second-order valence-electron chi connectivity index (χ2n) is 6.32. The number of fused-ring (bicyclic) bond motifs is 4. The highest BCUT2D eigenvalue weighted by Gasteiger charge is 2.16. The number of hydrogen-bond donors (Lipinski definition) is 1. The van der Waals surface area contributed by atoms with Crippen LogP contribution < -0.4 is 14.8 Å². The maximum atomic E-state index is 12.7. The predicted octanol–water partition coefficient (Wildman–Crippen LogP) is 4.86. The lowest BCUT2D eigenvalue weighted by molar-refractivity contribution is 0.102. The predicted molar refractivity (Wildman–Crippen MR) is 107 cm³/mol. The second-order valence-corrected chi connectivity index (χ2v) is 7.35. The first-order valence-electron chi connectivity index (χ1n) is 8.77. The van der Waals surface area contributed by atoms with Crippen LogP contribution in [0.4, 0.5) is 5.13 Å². The number of carbonyl (C=O) groups is 1. The van der Waals surface area contributed by atoms with Crippen LogP contribution in [0.25, 0.3) is 21.0 Å². The van der Waals surface area contributed by atoms with Crippen molar-refractivity contribution in [2.45, 2.75) is 6.42 Å². The van der Waals surface area contributed by atoms with E-state index in [1.54, 1.807) is 18.2 Å². The van der Waals surface area contributed by atoms with Gasteiger partial charge in [-0.2, -0.15) is 0 Å². The quantitative estimate of drug-likeness (QED) is 0.543. The van der Waals surface area contributed by atoms with Crippen molar-refractivity contribution in [3.05, 3.63) is 60.2 Å². The SMILES string of the molecule is O=C(Nc1nc2c(ccc3ccccc32)s1)c1ccc2c(c1)OCCCO2. The molecule has 1 aliphatic rings. The molecule has 0 aliphatic carbocycles. The lowest BCUT2D eigenvalue weighted by Crippen LogP contribution is -2.11. The summed E-state index contributed by atoms with van der Waals surface area (Å²) in [7, 11) is 0. The third-order valence-corrected chi connectivity index (χ3v) is 5.45. The molecular weight excluding hydrogens is 360 g/mol. The Morgan fingerprint density at radius 3 is 2.78 bits per heavy atom. The molecule has 1 N–H and O–H groups in total. The molecule has 27 heavy (non-hydrogen) atoms. The summed E-state index contributed by atoms with van der Waals surface area (Å²) >= 11 is 1.47. The van der Waals surface area contributed by atoms with Gasteiger partial charge in [0.25, 0.3) is 5.91 Å². The maximum Gasteiger partial charge on any atom is 0.257 e. The van der Waals surface area contributed by atoms with E-state index in [2.05, 4.69) is 22.4 Å². The number of anilines is 1. The second kappa shape index (κ2) is 6.55. The van der Waals surface area contributed by atoms with Gasteiger partial charge in [0.1, 0.15) is 0 Å². The molecule has 0 unspecified atom stereocenters. The fraction of sp³-hybridized carbons (Fsp3) is 0.143. The minimum absolute atomic E-state index is 0.214. The Labute approximate surface area is 159 Å². The Kier molecular flexibility index (Phi) is 3.90. The van der Waals surface area contributed by atoms with E-state index in [1.165, 1.54) is 11.3 Å². The first-order chi connectivity index (χ1) is 13.3. The van der Waals surface area contributed by atoms with Gasteiger partial charge in [0.2, 0.25) is 0 Å². The van der Waals surface area contributed by atoms with E-state index >= 15 is 0 Å². The van der Waals surface area contributed by atoms with Crippen molar-refractivity contribution < 1.29 is 14.3 Å². The average Bonchev–Trinajstić information content (AvgIpc) is 2.96. The third-order valence-electron chi connectivity index (χ3n) is 4.51. The van der Waals surface area contributed by atoms with Gasteiger partial charge in [0, 0.05) is 17.4 Å². The molecule has 6 heteroatoms. The highest BCUT2D eigenvalue weighted by molar-refractivity contribution is 7.22. The van der Waals surface area contributed by atoms with E-state index < -0.39 is 0 Å². The molecule has 4 aromatic rings. The number of carbonyl (C=O) groups excluding carboxylic acids is 1. The molecule has 1 aromatic heterocycles. The molecule has 3 aromatic carbocycles. The molecule has 0 bridgehead atoms. The maximum absolute atomic E-state index is 12.7. The van der Waals surface area contributed by atoms with Gasteiger partial charge >= 0.3 is 0 Å². The molecule has 2 heterocycles. The molecule has 0 atom stereocenters. The number of nitrogens with zero attached hydrogens (tertiary/aromatic N) is 1. The standard InChI is InChI=1S/C21H16N2O3S/c24-20(14-6-8-16-17(12-14)26-11-3-10-25-16)23-21-22-19-15-5-2-1-4-13(15)7-9-18(19)27-21/h1-2,4-9,12H,3,10-11H2,(H,22,23,24). The third kappa shape index (κ3) is 2.98. The Balaban J connectivity index is 1.45. The average molecular weight is 376 g/mol. The fourth-order valence-corrected chi connectivity index (χ4v) is 4.07. The first kappa shape index (κ1) is 16.1. The number of aromatic nitrogens is 1. The minimum atomic E-state index is -0.214. The van der Waals surface area contributed by atoms with E-state index in [-0.39, 0.29) is 5.91 Å². The summed E-state index contributed by atoms with van der Waals surface area (Å²) in [5.41, 5.74) is 1.43. The Morgan fingerprint density at radius 1 is 1.00 bits per heavy atom. The number of ether oxygens (including phenoxy) is 2. The molecule has 0 saturated carbocycles. The van der Waals surface area contributed by atoms with Gasteiger partial charge in [0.15, 0.2) is 16.6 Å². The van der Waals surface area contributed by atoms with Crippen molar-refractivity contribution in [3.8, 4) is 11.5 Å². The first-order valence-corrected chi connectivity index (χ1v) is 9.59. The van der Waals surface area contributed by atoms with Crippen LogP contribution in [-0.2, 0) is 0 Å². The van der Waals surface area contributed by atoms with Crippen LogP contribution in [0.15, 0.2) is 54.6 Å². The van der Waals surface area contributed by atoms with Gasteiger partial charge in [-0.15, -0.1) is 0 Å². The van der Waals surface area contributed by atoms with Crippen molar-refractivity contribution >= 4 is 43.4 Å². The van der Waals surface area contributed by atoms with Gasteiger partial charge in [0.05, 0.1) is 23.4 Å². The van der Waals surface area contributed by atoms with E-state index in [0.29, 0.717) is 35.4 Å². The molecular formula is C21H16N2O3S. The van der Waals surface area contributed by atoms with Crippen LogP contribution in [-0.4, -0.2) is 24.1 Å². The number of rotatable bonds is 2. The van der Waals surface area contributed by atoms with Crippen LogP contribution in [0.3, 0.4) is 0 Å². The van der Waals surface area contributed by atoms with Crippen LogP contribution in [0.5, 0.6) is 11.5 Å². The summed E-state index contributed by atoms with van der Waals surface area (Å²) in [5.74, 6) is 1.07. The minimum Gasteiger partial charge on any atom is -0.490 e. The lowest BCUT2D eigenvalue weighted by Gasteiger charge is -2.08. The number of benzene rings is 3. The van der Waals surface area contributed by atoms with Gasteiger partial charge in [-0.1, -0.05) is 41.7 Å². The molecule has 5 rings (SSSR count). The van der Waals surface area contributed by atoms with Crippen molar-refractivity contribution in [1.29, 1.82) is 0 Å². The Hall–Kier alpha value is -3.12. The summed E-state index contributed by atoms with van der Waals surface area (Å²) in [5, 5.41) is 5.71. The van der Waals surface area contributed by atoms with Gasteiger partial charge < -0.3 is 9.47 Å². The number of amides is 1. The van der Waals surface area contributed by atoms with Crippen molar-refractivity contribution in [3.63, 3.8) is 0 Å². The Morgan fingerprint density at radius 2 is 1.85 bits per heavy atom. The zero-order valence-electron chi connectivity index (χ0n) is 14.4. The molecule has 0 fully saturated rings. The van der Waals surface area contributed by atoms with E-state index in [4.69, 9.17) is 9.47 Å². The van der Waals surface area contributed by atoms with Gasteiger partial charge in [-0.25, -0.2) is 4.98 Å². The zero-order chi connectivity index (χ0) is 18.2. The molecule has 1 amide bonds. The van der Waals surface area contributed by atoms with Crippen LogP contribution in [0.2, 0.25) is 0 Å². The van der Waals surface area contributed by atoms with Crippen molar-refractivity contribution in [2.75, 3.05) is 18.5 Å². The Bertz CT molecular complexity index is 1170.